The molecule has 2 heterocycles. The number of piperidine rings is 1. The van der Waals surface area contributed by atoms with Crippen molar-refractivity contribution in [3.8, 4) is 5.75 Å². The first-order valence-corrected chi connectivity index (χ1v) is 9.74. The Hall–Kier alpha value is -2.73. The molecule has 0 aliphatic carbocycles. The van der Waals surface area contributed by atoms with Crippen LogP contribution in [0.4, 0.5) is 4.39 Å². The van der Waals surface area contributed by atoms with Gasteiger partial charge in [-0.3, -0.25) is 14.3 Å². The smallest absolute Gasteiger partial charge is 0.261 e. The van der Waals surface area contributed by atoms with Gasteiger partial charge in [0.15, 0.2) is 0 Å². The minimum absolute atomic E-state index is 0.0938. The lowest BCUT2D eigenvalue weighted by atomic mass is 9.96. The van der Waals surface area contributed by atoms with Crippen LogP contribution in [0.15, 0.2) is 59.7 Å². The molecule has 1 fully saturated rings. The molecule has 0 N–H and O–H groups in total. The van der Waals surface area contributed by atoms with Crippen molar-refractivity contribution in [1.82, 2.24) is 14.5 Å². The summed E-state index contributed by atoms with van der Waals surface area (Å²) >= 11 is 0. The van der Waals surface area contributed by atoms with Gasteiger partial charge in [0, 0.05) is 19.2 Å². The lowest BCUT2D eigenvalue weighted by Gasteiger charge is -2.32. The zero-order chi connectivity index (χ0) is 19.3. The van der Waals surface area contributed by atoms with Crippen LogP contribution in [-0.2, 0) is 6.54 Å². The number of nitrogens with zero attached hydrogens (tertiary/aromatic N) is 3. The maximum Gasteiger partial charge on any atom is 0.261 e. The Labute approximate surface area is 163 Å². The van der Waals surface area contributed by atoms with Crippen molar-refractivity contribution in [3.63, 3.8) is 0 Å². The number of rotatable bonds is 6. The monoisotopic (exact) mass is 381 g/mol. The second kappa shape index (κ2) is 8.52. The fourth-order valence-corrected chi connectivity index (χ4v) is 3.74. The van der Waals surface area contributed by atoms with Gasteiger partial charge in [0.1, 0.15) is 18.2 Å². The number of hydrogen-bond acceptors (Lipinski definition) is 4. The van der Waals surface area contributed by atoms with E-state index in [1.807, 2.05) is 30.3 Å². The molecule has 6 heteroatoms. The van der Waals surface area contributed by atoms with E-state index >= 15 is 0 Å². The lowest BCUT2D eigenvalue weighted by molar-refractivity contribution is 0.147. The molecule has 0 bridgehead atoms. The first-order chi connectivity index (χ1) is 13.7. The molecule has 1 aliphatic heterocycles. The van der Waals surface area contributed by atoms with Crippen molar-refractivity contribution in [2.45, 2.75) is 19.4 Å². The summed E-state index contributed by atoms with van der Waals surface area (Å²) in [5.74, 6) is 0.977. The van der Waals surface area contributed by atoms with E-state index in [4.69, 9.17) is 4.74 Å². The maximum absolute atomic E-state index is 13.3. The quantitative estimate of drug-likeness (QED) is 0.657. The topological polar surface area (TPSA) is 47.4 Å². The van der Waals surface area contributed by atoms with Crippen molar-refractivity contribution in [3.05, 3.63) is 71.0 Å². The highest BCUT2D eigenvalue weighted by Gasteiger charge is 2.20. The average Bonchev–Trinajstić information content (AvgIpc) is 2.72. The van der Waals surface area contributed by atoms with Gasteiger partial charge >= 0.3 is 0 Å². The standard InChI is InChI=1S/C22H24FN3O2/c23-18-6-7-20-21(14-18)24-16-26(22(20)27)15-17-8-10-25(11-9-17)12-13-28-19-4-2-1-3-5-19/h1-7,14,16-17H,8-13,15H2. The number of para-hydroxylation sites is 1. The van der Waals surface area contributed by atoms with Gasteiger partial charge in [0.25, 0.3) is 5.56 Å². The van der Waals surface area contributed by atoms with Gasteiger partial charge in [-0.05, 0) is 56.1 Å². The Morgan fingerprint density at radius 2 is 1.89 bits per heavy atom. The normalized spacial score (nSPS) is 15.8. The van der Waals surface area contributed by atoms with Gasteiger partial charge in [0.05, 0.1) is 17.2 Å². The Kier molecular flexibility index (Phi) is 5.67. The molecule has 146 valence electrons. The summed E-state index contributed by atoms with van der Waals surface area (Å²) in [7, 11) is 0. The zero-order valence-corrected chi connectivity index (χ0v) is 15.8. The summed E-state index contributed by atoms with van der Waals surface area (Å²) in [5.41, 5.74) is 0.318. The van der Waals surface area contributed by atoms with E-state index in [9.17, 15) is 9.18 Å². The fraction of sp³-hybridized carbons (Fsp3) is 0.364. The van der Waals surface area contributed by atoms with E-state index in [1.54, 1.807) is 10.9 Å². The Balaban J connectivity index is 1.28. The van der Waals surface area contributed by atoms with Gasteiger partial charge in [0.2, 0.25) is 0 Å². The van der Waals surface area contributed by atoms with Gasteiger partial charge in [-0.15, -0.1) is 0 Å². The first kappa shape index (κ1) is 18.6. The van der Waals surface area contributed by atoms with Crippen molar-refractivity contribution in [1.29, 1.82) is 0 Å². The van der Waals surface area contributed by atoms with E-state index in [0.717, 1.165) is 38.2 Å². The minimum Gasteiger partial charge on any atom is -0.492 e. The molecule has 0 unspecified atom stereocenters. The molecular formula is C22H24FN3O2. The molecular weight excluding hydrogens is 357 g/mol. The predicted octanol–water partition coefficient (Wildman–Crippen LogP) is 3.33. The molecule has 0 saturated carbocycles. The van der Waals surface area contributed by atoms with Crippen molar-refractivity contribution in [2.75, 3.05) is 26.2 Å². The zero-order valence-electron chi connectivity index (χ0n) is 15.8. The average molecular weight is 381 g/mol. The van der Waals surface area contributed by atoms with Gasteiger partial charge in [-0.2, -0.15) is 0 Å². The minimum atomic E-state index is -0.374. The molecule has 0 spiro atoms. The van der Waals surface area contributed by atoms with E-state index in [1.165, 1.54) is 18.2 Å². The number of ether oxygens (including phenoxy) is 1. The summed E-state index contributed by atoms with van der Waals surface area (Å²) < 4.78 is 20.7. The Morgan fingerprint density at radius 3 is 2.68 bits per heavy atom. The van der Waals surface area contributed by atoms with E-state index < -0.39 is 0 Å². The Morgan fingerprint density at radius 1 is 1.11 bits per heavy atom. The molecule has 5 nitrogen and oxygen atoms in total. The molecule has 1 saturated heterocycles. The third-order valence-electron chi connectivity index (χ3n) is 5.37. The molecule has 1 aromatic heterocycles. The number of fused-ring (bicyclic) bond motifs is 1. The van der Waals surface area contributed by atoms with Crippen LogP contribution in [-0.4, -0.2) is 40.7 Å². The molecule has 0 atom stereocenters. The highest BCUT2D eigenvalue weighted by atomic mass is 19.1. The number of hydrogen-bond donors (Lipinski definition) is 0. The summed E-state index contributed by atoms with van der Waals surface area (Å²) in [4.78, 5) is 19.3. The van der Waals surface area contributed by atoms with Crippen molar-refractivity contribution >= 4 is 10.9 Å². The van der Waals surface area contributed by atoms with Crippen LogP contribution in [0.25, 0.3) is 10.9 Å². The Bertz CT molecular complexity index is 982. The van der Waals surface area contributed by atoms with Crippen LogP contribution in [0, 0.1) is 11.7 Å². The second-order valence-corrected chi connectivity index (χ2v) is 7.31. The second-order valence-electron chi connectivity index (χ2n) is 7.31. The lowest BCUT2D eigenvalue weighted by Crippen LogP contribution is -2.38. The van der Waals surface area contributed by atoms with Gasteiger partial charge in [-0.1, -0.05) is 18.2 Å². The molecule has 0 radical (unpaired) electrons. The van der Waals surface area contributed by atoms with Crippen LogP contribution in [0.1, 0.15) is 12.8 Å². The third-order valence-corrected chi connectivity index (χ3v) is 5.37. The summed E-state index contributed by atoms with van der Waals surface area (Å²) in [5, 5.41) is 0.472. The van der Waals surface area contributed by atoms with E-state index in [-0.39, 0.29) is 11.4 Å². The molecule has 4 rings (SSSR count). The van der Waals surface area contributed by atoms with Crippen molar-refractivity contribution < 1.29 is 9.13 Å². The number of benzene rings is 2. The molecule has 28 heavy (non-hydrogen) atoms. The fourth-order valence-electron chi connectivity index (χ4n) is 3.74. The van der Waals surface area contributed by atoms with Gasteiger partial charge in [-0.25, -0.2) is 9.37 Å². The molecule has 3 aromatic rings. The highest BCUT2D eigenvalue weighted by Crippen LogP contribution is 2.19. The largest absolute Gasteiger partial charge is 0.492 e. The van der Waals surface area contributed by atoms with Crippen LogP contribution in [0.2, 0.25) is 0 Å². The molecule has 2 aromatic carbocycles. The summed E-state index contributed by atoms with van der Waals surface area (Å²) in [6, 6.07) is 14.0. The number of likely N-dealkylation sites (tertiary alicyclic amines) is 1. The number of aromatic nitrogens is 2. The van der Waals surface area contributed by atoms with Crippen LogP contribution in [0.3, 0.4) is 0 Å². The van der Waals surface area contributed by atoms with Crippen LogP contribution >= 0.6 is 0 Å². The first-order valence-electron chi connectivity index (χ1n) is 9.74. The third kappa shape index (κ3) is 4.39. The summed E-state index contributed by atoms with van der Waals surface area (Å²) in [6.07, 6.45) is 3.63. The van der Waals surface area contributed by atoms with Crippen LogP contribution in [0.5, 0.6) is 5.75 Å². The predicted molar refractivity (Wildman–Crippen MR) is 107 cm³/mol. The number of halogens is 1. The van der Waals surface area contributed by atoms with E-state index in [0.29, 0.717) is 30.0 Å². The van der Waals surface area contributed by atoms with Crippen LogP contribution < -0.4 is 10.3 Å². The highest BCUT2D eigenvalue weighted by molar-refractivity contribution is 5.77. The van der Waals surface area contributed by atoms with Crippen molar-refractivity contribution in [2.24, 2.45) is 5.92 Å². The maximum atomic E-state index is 13.3. The molecule has 1 aliphatic rings. The SMILES string of the molecule is O=c1c2ccc(F)cc2ncn1CC1CCN(CCOc2ccccc2)CC1. The summed E-state index contributed by atoms with van der Waals surface area (Å²) in [6.45, 7) is 4.25. The molecule has 0 amide bonds. The van der Waals surface area contributed by atoms with Gasteiger partial charge < -0.3 is 4.74 Å². The van der Waals surface area contributed by atoms with E-state index in [2.05, 4.69) is 9.88 Å².